The summed E-state index contributed by atoms with van der Waals surface area (Å²) >= 11 is 6.37. The quantitative estimate of drug-likeness (QED) is 0.102. The molecule has 6 rings (SSSR count). The maximum Gasteiger partial charge on any atom is 0.490 e. The van der Waals surface area contributed by atoms with Gasteiger partial charge < -0.3 is 31.1 Å². The predicted octanol–water partition coefficient (Wildman–Crippen LogP) is 7.64. The summed E-state index contributed by atoms with van der Waals surface area (Å²) in [6.45, 7) is 0. The first-order valence-electron chi connectivity index (χ1n) is 14.2. The lowest BCUT2D eigenvalue weighted by molar-refractivity contribution is -0.193. The number of fused-ring (bicyclic) bond motifs is 7. The van der Waals surface area contributed by atoms with Gasteiger partial charge in [-0.15, -0.1) is 0 Å². The molecule has 6 N–H and O–H groups in total. The Hall–Kier alpha value is -5.84. The highest BCUT2D eigenvalue weighted by Gasteiger charge is 2.38. The minimum atomic E-state index is -5.08. The number of amides is 1. The zero-order valence-corrected chi connectivity index (χ0v) is 26.0. The van der Waals surface area contributed by atoms with Crippen LogP contribution in [0.25, 0.3) is 10.9 Å². The molecule has 5 aromatic rings. The van der Waals surface area contributed by atoms with Crippen molar-refractivity contribution in [2.75, 3.05) is 16.0 Å². The normalized spacial score (nSPS) is 12.1. The monoisotopic (exact) mass is 722 g/mol. The molecule has 0 unspecified atom stereocenters. The molecule has 11 nitrogen and oxygen atoms in total. The zero-order chi connectivity index (χ0) is 36.6. The van der Waals surface area contributed by atoms with Crippen LogP contribution in [0.4, 0.5) is 55.2 Å². The second-order valence-corrected chi connectivity index (χ2v) is 10.8. The molecule has 0 saturated carbocycles. The molecular weight excluding hydrogens is 698 g/mol. The number of anilines is 5. The van der Waals surface area contributed by atoms with Gasteiger partial charge in [-0.1, -0.05) is 41.9 Å². The van der Waals surface area contributed by atoms with Crippen LogP contribution in [0, 0.1) is 0 Å². The molecule has 1 aliphatic heterocycles. The van der Waals surface area contributed by atoms with E-state index in [1.165, 1.54) is 5.56 Å². The molecule has 50 heavy (non-hydrogen) atoms. The van der Waals surface area contributed by atoms with Crippen molar-refractivity contribution < 1.29 is 50.9 Å². The van der Waals surface area contributed by atoms with E-state index in [1.54, 1.807) is 6.20 Å². The molecule has 6 bridgehead atoms. The molecule has 0 atom stereocenters. The second kappa shape index (κ2) is 15.6. The largest absolute Gasteiger partial charge is 0.490 e. The molecule has 1 aliphatic rings. The van der Waals surface area contributed by atoms with E-state index < -0.39 is 24.3 Å². The number of aromatic nitrogens is 3. The number of hydrogen-bond acceptors (Lipinski definition) is 7. The van der Waals surface area contributed by atoms with Gasteiger partial charge in [0.1, 0.15) is 5.02 Å². The fourth-order valence-electron chi connectivity index (χ4n) is 4.51. The maximum atomic E-state index is 13.0. The van der Waals surface area contributed by atoms with Gasteiger partial charge in [-0.3, -0.25) is 4.79 Å². The van der Waals surface area contributed by atoms with Crippen molar-refractivity contribution >= 4 is 69.2 Å². The number of aryl methyl sites for hydroxylation is 2. The van der Waals surface area contributed by atoms with Gasteiger partial charge in [0.15, 0.2) is 5.82 Å². The Balaban J connectivity index is 0.000000340. The lowest BCUT2D eigenvalue weighted by atomic mass is 10.0. The summed E-state index contributed by atoms with van der Waals surface area (Å²) in [7, 11) is 0. The van der Waals surface area contributed by atoms with Crippen molar-refractivity contribution in [1.82, 2.24) is 15.0 Å². The van der Waals surface area contributed by atoms with Crippen LogP contribution in [0.1, 0.15) is 16.7 Å². The maximum absolute atomic E-state index is 13.0. The van der Waals surface area contributed by atoms with Crippen molar-refractivity contribution in [1.29, 1.82) is 0 Å². The minimum Gasteiger partial charge on any atom is -0.475 e. The summed E-state index contributed by atoms with van der Waals surface area (Å²) < 4.78 is 63.5. The molecule has 3 heterocycles. The van der Waals surface area contributed by atoms with Crippen LogP contribution in [-0.4, -0.2) is 55.4 Å². The van der Waals surface area contributed by atoms with Crippen LogP contribution < -0.4 is 16.0 Å². The van der Waals surface area contributed by atoms with Crippen LogP contribution >= 0.6 is 11.6 Å². The van der Waals surface area contributed by atoms with Crippen LogP contribution in [0.5, 0.6) is 0 Å². The van der Waals surface area contributed by atoms with Crippen molar-refractivity contribution in [2.24, 2.45) is 0 Å². The molecule has 262 valence electrons. The number of alkyl halides is 6. The number of carboxylic acids is 2. The highest BCUT2D eigenvalue weighted by molar-refractivity contribution is 6.32. The molecule has 0 spiro atoms. The number of carboxylic acid groups (broad SMARTS) is 2. The third kappa shape index (κ3) is 10.3. The number of para-hydroxylation sites is 1. The van der Waals surface area contributed by atoms with Crippen molar-refractivity contribution in [3.05, 3.63) is 101 Å². The summed E-state index contributed by atoms with van der Waals surface area (Å²) in [5, 5.41) is 25.4. The van der Waals surface area contributed by atoms with Crippen molar-refractivity contribution in [3.63, 3.8) is 0 Å². The van der Waals surface area contributed by atoms with E-state index in [9.17, 15) is 31.1 Å². The van der Waals surface area contributed by atoms with Crippen LogP contribution in [-0.2, 0) is 33.6 Å². The SMILES string of the molecule is O=C(Cc1c[nH]c2ccccc12)Nc1ccc2cc1CCc1cccc(c1)Nc1ncc(Cl)c(n1)N2.O=C(O)C(F)(F)F.O=C(O)C(F)(F)F. The molecule has 18 heteroatoms. The van der Waals surface area contributed by atoms with Gasteiger partial charge in [0, 0.05) is 34.2 Å². The average Bonchev–Trinajstić information content (AvgIpc) is 3.44. The number of carbonyl (C=O) groups is 3. The fraction of sp³-hybridized carbons (Fsp3) is 0.156. The summed E-state index contributed by atoms with van der Waals surface area (Å²) in [6.07, 6.45) is -4.85. The number of nitrogens with one attached hydrogen (secondary N) is 4. The highest BCUT2D eigenvalue weighted by atomic mass is 35.5. The molecule has 2 aromatic heterocycles. The second-order valence-electron chi connectivity index (χ2n) is 10.4. The number of halogens is 7. The van der Waals surface area contributed by atoms with E-state index in [0.29, 0.717) is 16.8 Å². The molecule has 3 aromatic carbocycles. The third-order valence-electron chi connectivity index (χ3n) is 6.76. The van der Waals surface area contributed by atoms with Gasteiger partial charge in [-0.25, -0.2) is 14.6 Å². The number of aromatic amines is 1. The minimum absolute atomic E-state index is 0.0608. The Morgan fingerprint density at radius 1 is 0.840 bits per heavy atom. The highest BCUT2D eigenvalue weighted by Crippen LogP contribution is 2.30. The summed E-state index contributed by atoms with van der Waals surface area (Å²) in [5.41, 5.74) is 6.72. The topological polar surface area (TPSA) is 169 Å². The number of nitrogens with zero attached hydrogens (tertiary/aromatic N) is 2. The molecule has 0 saturated heterocycles. The van der Waals surface area contributed by atoms with E-state index in [-0.39, 0.29) is 12.3 Å². The first-order valence-corrected chi connectivity index (χ1v) is 14.6. The molecular formula is C32H25ClF6N6O5. The molecule has 1 amide bonds. The van der Waals surface area contributed by atoms with E-state index in [1.807, 2.05) is 60.8 Å². The summed E-state index contributed by atoms with van der Waals surface area (Å²) in [4.78, 5) is 42.9. The number of hydrogen-bond donors (Lipinski definition) is 6. The van der Waals surface area contributed by atoms with Crippen molar-refractivity contribution in [2.45, 2.75) is 31.6 Å². The molecule has 0 radical (unpaired) electrons. The summed E-state index contributed by atoms with van der Waals surface area (Å²) in [6, 6.07) is 22.0. The Labute approximate surface area is 283 Å². The van der Waals surface area contributed by atoms with E-state index >= 15 is 0 Å². The number of H-pyrrole nitrogens is 1. The average molecular weight is 723 g/mol. The zero-order valence-electron chi connectivity index (χ0n) is 25.3. The molecule has 0 aliphatic carbocycles. The van der Waals surface area contributed by atoms with Crippen LogP contribution in [0.2, 0.25) is 5.02 Å². The van der Waals surface area contributed by atoms with Crippen molar-refractivity contribution in [3.8, 4) is 0 Å². The van der Waals surface area contributed by atoms with Gasteiger partial charge in [0.05, 0.1) is 12.6 Å². The lowest BCUT2D eigenvalue weighted by Gasteiger charge is -2.14. The Morgan fingerprint density at radius 2 is 1.50 bits per heavy atom. The standard InChI is InChI=1S/C28H23ClN6O.2C2HF3O2/c29-23-16-31-28-33-20-5-3-4-17(12-20)8-9-18-13-21(32-27(23)35-28)10-11-24(18)34-26(36)14-19-15-30-25-7-2-1-6-22(19)25;2*3-2(4,5)1(6)7/h1-7,10-13,15-16,30H,8-9,14H2,(H,34,36)(H2,31,32,33,35);2*(H,6,7). The number of carbonyl (C=O) groups excluding carboxylic acids is 1. The Kier molecular flexibility index (Phi) is 11.5. The van der Waals surface area contributed by atoms with Gasteiger partial charge in [-0.05, 0) is 65.9 Å². The van der Waals surface area contributed by atoms with Crippen LogP contribution in [0.15, 0.2) is 79.1 Å². The smallest absolute Gasteiger partial charge is 0.475 e. The van der Waals surface area contributed by atoms with Gasteiger partial charge >= 0.3 is 24.3 Å². The number of benzene rings is 3. The number of rotatable bonds is 3. The van der Waals surface area contributed by atoms with E-state index in [4.69, 9.17) is 31.4 Å². The number of aliphatic carboxylic acids is 2. The van der Waals surface area contributed by atoms with E-state index in [0.717, 1.165) is 51.9 Å². The predicted molar refractivity (Wildman–Crippen MR) is 172 cm³/mol. The van der Waals surface area contributed by atoms with Crippen LogP contribution in [0.3, 0.4) is 0 Å². The van der Waals surface area contributed by atoms with Gasteiger partial charge in [-0.2, -0.15) is 31.3 Å². The van der Waals surface area contributed by atoms with Gasteiger partial charge in [0.2, 0.25) is 11.9 Å². The van der Waals surface area contributed by atoms with E-state index in [2.05, 4.69) is 43.0 Å². The lowest BCUT2D eigenvalue weighted by Crippen LogP contribution is -2.21. The first kappa shape index (κ1) is 37.0. The Bertz CT molecular complexity index is 1990. The first-order chi connectivity index (χ1) is 23.5. The fourth-order valence-corrected chi connectivity index (χ4v) is 4.65. The third-order valence-corrected chi connectivity index (χ3v) is 7.04. The van der Waals surface area contributed by atoms with Gasteiger partial charge in [0.25, 0.3) is 0 Å². The Morgan fingerprint density at radius 3 is 2.18 bits per heavy atom. The summed E-state index contributed by atoms with van der Waals surface area (Å²) in [5.74, 6) is -4.61. The molecule has 0 fully saturated rings.